The minimum absolute atomic E-state index is 0.0369. The summed E-state index contributed by atoms with van der Waals surface area (Å²) in [6.07, 6.45) is -2.53. The van der Waals surface area contributed by atoms with Crippen molar-refractivity contribution in [2.75, 3.05) is 0 Å². The first-order chi connectivity index (χ1) is 17.3. The van der Waals surface area contributed by atoms with Crippen LogP contribution in [0.3, 0.4) is 0 Å². The molecule has 6 heteroatoms. The molecule has 0 bridgehead atoms. The molecule has 0 saturated carbocycles. The second kappa shape index (κ2) is 8.95. The van der Waals surface area contributed by atoms with Gasteiger partial charge in [0.15, 0.2) is 0 Å². The zero-order valence-electron chi connectivity index (χ0n) is 21.6. The molecule has 0 saturated heterocycles. The van der Waals surface area contributed by atoms with Crippen molar-refractivity contribution in [2.45, 2.75) is 52.6 Å². The van der Waals surface area contributed by atoms with E-state index in [1.807, 2.05) is 18.2 Å². The summed E-state index contributed by atoms with van der Waals surface area (Å²) in [5.41, 5.74) is 3.78. The molecule has 2 heterocycles. The minimum atomic E-state index is -4.25. The third-order valence-corrected chi connectivity index (χ3v) is 7.99. The molecular formula is C31H29F3N2S. The summed E-state index contributed by atoms with van der Waals surface area (Å²) in [6, 6.07) is 22.0. The molecule has 0 N–H and O–H groups in total. The number of benzene rings is 3. The Labute approximate surface area is 219 Å². The van der Waals surface area contributed by atoms with Crippen LogP contribution < -0.4 is 0 Å². The average molecular weight is 519 g/mol. The first kappa shape index (κ1) is 25.4. The van der Waals surface area contributed by atoms with Crippen molar-refractivity contribution >= 4 is 32.3 Å². The van der Waals surface area contributed by atoms with Crippen LogP contribution in [0.4, 0.5) is 13.2 Å². The van der Waals surface area contributed by atoms with Gasteiger partial charge in [-0.15, -0.1) is 11.3 Å². The maximum atomic E-state index is 13.3. The third kappa shape index (κ3) is 4.87. The van der Waals surface area contributed by atoms with Crippen molar-refractivity contribution in [3.8, 4) is 21.8 Å². The number of hydrogen-bond acceptors (Lipinski definition) is 3. The summed E-state index contributed by atoms with van der Waals surface area (Å²) < 4.78 is 41.0. The van der Waals surface area contributed by atoms with Crippen LogP contribution in [0.25, 0.3) is 42.8 Å². The van der Waals surface area contributed by atoms with Crippen LogP contribution in [0.5, 0.6) is 0 Å². The number of halogens is 3. The fourth-order valence-electron chi connectivity index (χ4n) is 4.63. The van der Waals surface area contributed by atoms with E-state index in [9.17, 15) is 13.2 Å². The van der Waals surface area contributed by atoms with Crippen LogP contribution in [0.1, 0.15) is 45.7 Å². The fourth-order valence-corrected chi connectivity index (χ4v) is 5.70. The standard InChI is InChI=1S/C31H29F3N2S/c1-29(2,3)24-17-22(16-21-8-6-7-9-23(21)24)26-27-25(14-15-35-26)36-28(37-27)20-12-10-19(11-13-20)18-30(4,5)31(32,33)34/h6-17H,18H2,1-5H3. The van der Waals surface area contributed by atoms with Gasteiger partial charge >= 0.3 is 6.18 Å². The van der Waals surface area contributed by atoms with Crippen molar-refractivity contribution in [2.24, 2.45) is 5.41 Å². The Morgan fingerprint density at radius 1 is 0.811 bits per heavy atom. The van der Waals surface area contributed by atoms with Gasteiger partial charge < -0.3 is 0 Å². The van der Waals surface area contributed by atoms with Crippen molar-refractivity contribution < 1.29 is 13.2 Å². The summed E-state index contributed by atoms with van der Waals surface area (Å²) in [5.74, 6) is 0. The van der Waals surface area contributed by atoms with E-state index >= 15 is 0 Å². The van der Waals surface area contributed by atoms with Crippen LogP contribution >= 0.6 is 11.3 Å². The Morgan fingerprint density at radius 3 is 2.19 bits per heavy atom. The molecule has 0 aliphatic rings. The molecular weight excluding hydrogens is 489 g/mol. The first-order valence-electron chi connectivity index (χ1n) is 12.3. The maximum absolute atomic E-state index is 13.3. The topological polar surface area (TPSA) is 25.8 Å². The summed E-state index contributed by atoms with van der Waals surface area (Å²) in [7, 11) is 0. The lowest BCUT2D eigenvalue weighted by Gasteiger charge is -2.27. The second-order valence-corrected chi connectivity index (χ2v) is 12.3. The molecule has 37 heavy (non-hydrogen) atoms. The summed E-state index contributed by atoms with van der Waals surface area (Å²) in [6.45, 7) is 9.13. The number of aromatic nitrogens is 2. The summed E-state index contributed by atoms with van der Waals surface area (Å²) >= 11 is 1.56. The van der Waals surface area contributed by atoms with E-state index in [1.165, 1.54) is 30.2 Å². The van der Waals surface area contributed by atoms with Gasteiger partial charge in [0.1, 0.15) is 5.01 Å². The lowest BCUT2D eigenvalue weighted by molar-refractivity contribution is -0.211. The highest BCUT2D eigenvalue weighted by atomic mass is 32.1. The van der Waals surface area contributed by atoms with Crippen molar-refractivity contribution in [1.82, 2.24) is 9.97 Å². The smallest absolute Gasteiger partial charge is 0.255 e. The Morgan fingerprint density at radius 2 is 1.51 bits per heavy atom. The predicted octanol–water partition coefficient (Wildman–Crippen LogP) is 9.61. The number of pyridine rings is 1. The number of alkyl halides is 3. The lowest BCUT2D eigenvalue weighted by atomic mass is 9.82. The van der Waals surface area contributed by atoms with Crippen LogP contribution in [0.15, 0.2) is 72.9 Å². The molecule has 0 amide bonds. The quantitative estimate of drug-likeness (QED) is 0.237. The van der Waals surface area contributed by atoms with Gasteiger partial charge in [0.25, 0.3) is 0 Å². The molecule has 0 spiro atoms. The molecule has 0 radical (unpaired) electrons. The molecule has 0 atom stereocenters. The largest absolute Gasteiger partial charge is 0.394 e. The van der Waals surface area contributed by atoms with Crippen LogP contribution in [0.2, 0.25) is 0 Å². The normalized spacial score (nSPS) is 13.0. The van der Waals surface area contributed by atoms with E-state index in [0.717, 1.165) is 32.0 Å². The highest BCUT2D eigenvalue weighted by Crippen LogP contribution is 2.42. The second-order valence-electron chi connectivity index (χ2n) is 11.3. The van der Waals surface area contributed by atoms with Gasteiger partial charge in [0, 0.05) is 17.3 Å². The van der Waals surface area contributed by atoms with E-state index in [1.54, 1.807) is 29.7 Å². The van der Waals surface area contributed by atoms with Crippen LogP contribution in [0, 0.1) is 5.41 Å². The molecule has 0 fully saturated rings. The SMILES string of the molecule is CC(C)(C)c1cc(-c2nccc3nc(-c4ccc(CC(C)(C)C(F)(F)F)cc4)sc23)cc2ccccc12. The molecule has 0 aliphatic carbocycles. The molecule has 0 aliphatic heterocycles. The summed E-state index contributed by atoms with van der Waals surface area (Å²) in [4.78, 5) is 9.60. The monoisotopic (exact) mass is 518 g/mol. The molecule has 3 aromatic carbocycles. The number of hydrogen-bond donors (Lipinski definition) is 0. The maximum Gasteiger partial charge on any atom is 0.394 e. The fraction of sp³-hybridized carbons (Fsp3) is 0.290. The number of thiazole rings is 1. The molecule has 2 nitrogen and oxygen atoms in total. The number of nitrogens with zero attached hydrogens (tertiary/aromatic N) is 2. The van der Waals surface area contributed by atoms with Gasteiger partial charge in [-0.25, -0.2) is 4.98 Å². The van der Waals surface area contributed by atoms with Gasteiger partial charge in [-0.05, 0) is 51.9 Å². The molecule has 190 valence electrons. The van der Waals surface area contributed by atoms with E-state index < -0.39 is 11.6 Å². The zero-order chi connectivity index (χ0) is 26.6. The van der Waals surface area contributed by atoms with Gasteiger partial charge in [-0.1, -0.05) is 83.1 Å². The minimum Gasteiger partial charge on any atom is -0.255 e. The first-order valence-corrected chi connectivity index (χ1v) is 13.1. The lowest BCUT2D eigenvalue weighted by Crippen LogP contribution is -2.34. The average Bonchev–Trinajstić information content (AvgIpc) is 3.27. The summed E-state index contributed by atoms with van der Waals surface area (Å²) in [5, 5.41) is 3.23. The molecule has 5 rings (SSSR count). The Hall–Kier alpha value is -3.25. The Balaban J connectivity index is 1.55. The van der Waals surface area contributed by atoms with E-state index in [-0.39, 0.29) is 11.8 Å². The van der Waals surface area contributed by atoms with Gasteiger partial charge in [-0.2, -0.15) is 13.2 Å². The Kier molecular flexibility index (Phi) is 6.14. The Bertz CT molecular complexity index is 1590. The van der Waals surface area contributed by atoms with Crippen LogP contribution in [-0.2, 0) is 11.8 Å². The van der Waals surface area contributed by atoms with Gasteiger partial charge in [0.2, 0.25) is 0 Å². The van der Waals surface area contributed by atoms with Crippen molar-refractivity contribution in [1.29, 1.82) is 0 Å². The highest BCUT2D eigenvalue weighted by Gasteiger charge is 2.46. The van der Waals surface area contributed by atoms with Crippen LogP contribution in [-0.4, -0.2) is 16.1 Å². The van der Waals surface area contributed by atoms with Crippen molar-refractivity contribution in [3.63, 3.8) is 0 Å². The van der Waals surface area contributed by atoms with Gasteiger partial charge in [-0.3, -0.25) is 4.98 Å². The van der Waals surface area contributed by atoms with E-state index in [4.69, 9.17) is 9.97 Å². The zero-order valence-corrected chi connectivity index (χ0v) is 22.4. The number of fused-ring (bicyclic) bond motifs is 2. The molecule has 0 unspecified atom stereocenters. The highest BCUT2D eigenvalue weighted by molar-refractivity contribution is 7.22. The number of rotatable bonds is 4. The predicted molar refractivity (Wildman–Crippen MR) is 148 cm³/mol. The third-order valence-electron chi connectivity index (χ3n) is 6.86. The van der Waals surface area contributed by atoms with Crippen molar-refractivity contribution in [3.05, 3.63) is 84.1 Å². The van der Waals surface area contributed by atoms with E-state index in [2.05, 4.69) is 57.2 Å². The van der Waals surface area contributed by atoms with E-state index in [0.29, 0.717) is 5.56 Å². The van der Waals surface area contributed by atoms with Gasteiger partial charge in [0.05, 0.1) is 21.3 Å². The molecule has 5 aromatic rings. The molecule has 2 aromatic heterocycles.